The zero-order valence-corrected chi connectivity index (χ0v) is 8.57. The Balaban J connectivity index is 4.81. The molecule has 0 aromatic heterocycles. The van der Waals surface area contributed by atoms with Crippen LogP contribution >= 0.6 is 0 Å². The first-order valence-electron chi connectivity index (χ1n) is 4.41. The summed E-state index contributed by atoms with van der Waals surface area (Å²) in [5, 5.41) is 47.3. The van der Waals surface area contributed by atoms with E-state index in [1.165, 1.54) is 0 Å². The van der Waals surface area contributed by atoms with Gasteiger partial charge >= 0.3 is 0 Å². The number of aldehydes is 1. The highest BCUT2D eigenvalue weighted by molar-refractivity contribution is 5.79. The molecule has 0 fully saturated rings. The Morgan fingerprint density at radius 1 is 1.44 bits per heavy atom. The van der Waals surface area contributed by atoms with E-state index in [0.29, 0.717) is 0 Å². The van der Waals surface area contributed by atoms with E-state index in [1.54, 1.807) is 5.32 Å². The third-order valence-electron chi connectivity index (χ3n) is 1.91. The lowest BCUT2D eigenvalue weighted by Crippen LogP contribution is -2.63. The first-order valence-corrected chi connectivity index (χ1v) is 4.41. The van der Waals surface area contributed by atoms with Crippen LogP contribution in [0.3, 0.4) is 0 Å². The zero-order valence-electron chi connectivity index (χ0n) is 8.57. The van der Waals surface area contributed by atoms with Crippen molar-refractivity contribution in [2.75, 3.05) is 6.61 Å². The highest BCUT2D eigenvalue weighted by atomic mass is 16.4. The van der Waals surface area contributed by atoms with Crippen LogP contribution in [0, 0.1) is 0 Å². The predicted octanol–water partition coefficient (Wildman–Crippen LogP) is -3.91. The molecule has 16 heavy (non-hydrogen) atoms. The van der Waals surface area contributed by atoms with Crippen molar-refractivity contribution in [2.24, 2.45) is 0 Å². The van der Waals surface area contributed by atoms with Gasteiger partial charge in [-0.05, 0) is 0 Å². The SMILES string of the molecule is CC(=O)NC(O)(C=O)C(O)C(O)C(O)CO. The molecule has 0 saturated carbocycles. The molecule has 0 aliphatic heterocycles. The standard InChI is InChI=1S/C8H15NO7/c1-4(12)9-8(16,3-11)7(15)6(14)5(13)2-10/h3,5-7,10,13-16H,2H2,1H3,(H,9,12). The van der Waals surface area contributed by atoms with Crippen molar-refractivity contribution in [3.05, 3.63) is 0 Å². The quantitative estimate of drug-likeness (QED) is 0.204. The van der Waals surface area contributed by atoms with Crippen molar-refractivity contribution in [3.63, 3.8) is 0 Å². The minimum atomic E-state index is -2.72. The van der Waals surface area contributed by atoms with Crippen molar-refractivity contribution in [1.29, 1.82) is 0 Å². The molecule has 0 aromatic rings. The van der Waals surface area contributed by atoms with Crippen LogP contribution in [0.1, 0.15) is 6.92 Å². The molecule has 0 aliphatic carbocycles. The Hall–Kier alpha value is -1.06. The molecule has 0 spiro atoms. The summed E-state index contributed by atoms with van der Waals surface area (Å²) in [6, 6.07) is 0. The maximum Gasteiger partial charge on any atom is 0.224 e. The van der Waals surface area contributed by atoms with E-state index in [2.05, 4.69) is 0 Å². The third kappa shape index (κ3) is 3.51. The van der Waals surface area contributed by atoms with Gasteiger partial charge in [-0.3, -0.25) is 9.59 Å². The van der Waals surface area contributed by atoms with E-state index in [4.69, 9.17) is 10.2 Å². The number of carbonyl (C=O) groups is 2. The van der Waals surface area contributed by atoms with Crippen LogP contribution in [0.15, 0.2) is 0 Å². The first-order chi connectivity index (χ1) is 7.28. The summed E-state index contributed by atoms with van der Waals surface area (Å²) in [6.07, 6.45) is -6.11. The summed E-state index contributed by atoms with van der Waals surface area (Å²) < 4.78 is 0. The number of hydrogen-bond acceptors (Lipinski definition) is 7. The minimum Gasteiger partial charge on any atom is -0.394 e. The van der Waals surface area contributed by atoms with E-state index < -0.39 is 36.6 Å². The van der Waals surface area contributed by atoms with Crippen LogP contribution in [-0.2, 0) is 9.59 Å². The topological polar surface area (TPSA) is 147 Å². The van der Waals surface area contributed by atoms with Gasteiger partial charge in [-0.25, -0.2) is 0 Å². The second kappa shape index (κ2) is 5.87. The smallest absolute Gasteiger partial charge is 0.224 e. The summed E-state index contributed by atoms with van der Waals surface area (Å²) in [7, 11) is 0. The van der Waals surface area contributed by atoms with Gasteiger partial charge in [0.25, 0.3) is 0 Å². The van der Waals surface area contributed by atoms with Gasteiger partial charge in [-0.1, -0.05) is 0 Å². The molecule has 0 heterocycles. The summed E-state index contributed by atoms with van der Waals surface area (Å²) in [5.74, 6) is -0.820. The molecule has 0 rings (SSSR count). The fourth-order valence-corrected chi connectivity index (χ4v) is 1.03. The Kier molecular flexibility index (Phi) is 5.48. The normalized spacial score (nSPS) is 20.4. The second-order valence-corrected chi connectivity index (χ2v) is 3.31. The lowest BCUT2D eigenvalue weighted by molar-refractivity contribution is -0.176. The molecule has 8 heteroatoms. The van der Waals surface area contributed by atoms with E-state index in [1.807, 2.05) is 0 Å². The van der Waals surface area contributed by atoms with E-state index in [0.717, 1.165) is 6.92 Å². The lowest BCUT2D eigenvalue weighted by atomic mass is 9.99. The Morgan fingerprint density at radius 2 is 1.94 bits per heavy atom. The van der Waals surface area contributed by atoms with Gasteiger partial charge in [0.2, 0.25) is 11.6 Å². The van der Waals surface area contributed by atoms with Gasteiger partial charge < -0.3 is 30.8 Å². The van der Waals surface area contributed by atoms with Crippen molar-refractivity contribution in [2.45, 2.75) is 31.0 Å². The van der Waals surface area contributed by atoms with E-state index >= 15 is 0 Å². The molecule has 4 atom stereocenters. The molecule has 0 radical (unpaired) electrons. The fourth-order valence-electron chi connectivity index (χ4n) is 1.03. The number of hydrogen-bond donors (Lipinski definition) is 6. The third-order valence-corrected chi connectivity index (χ3v) is 1.91. The number of aliphatic hydroxyl groups is 5. The van der Waals surface area contributed by atoms with Gasteiger partial charge in [-0.15, -0.1) is 0 Å². The van der Waals surface area contributed by atoms with Gasteiger partial charge in [-0.2, -0.15) is 0 Å². The molecular weight excluding hydrogens is 222 g/mol. The molecule has 4 unspecified atom stereocenters. The minimum absolute atomic E-state index is 0.188. The molecular formula is C8H15NO7. The highest BCUT2D eigenvalue weighted by Crippen LogP contribution is 2.11. The molecule has 0 saturated heterocycles. The Bertz CT molecular complexity index is 259. The molecule has 8 nitrogen and oxygen atoms in total. The number of nitrogens with one attached hydrogen (secondary N) is 1. The molecule has 1 amide bonds. The van der Waals surface area contributed by atoms with Crippen LogP contribution in [0.4, 0.5) is 0 Å². The summed E-state index contributed by atoms with van der Waals surface area (Å²) in [4.78, 5) is 21.2. The Morgan fingerprint density at radius 3 is 2.25 bits per heavy atom. The predicted molar refractivity (Wildman–Crippen MR) is 49.9 cm³/mol. The number of amides is 1. The van der Waals surface area contributed by atoms with E-state index in [-0.39, 0.29) is 6.29 Å². The van der Waals surface area contributed by atoms with Gasteiger partial charge in [0.05, 0.1) is 6.61 Å². The largest absolute Gasteiger partial charge is 0.394 e. The highest BCUT2D eigenvalue weighted by Gasteiger charge is 2.43. The van der Waals surface area contributed by atoms with Crippen LogP contribution in [-0.4, -0.2) is 68.4 Å². The average Bonchev–Trinajstić information content (AvgIpc) is 2.24. The number of rotatable bonds is 6. The van der Waals surface area contributed by atoms with Crippen LogP contribution in [0.25, 0.3) is 0 Å². The second-order valence-electron chi connectivity index (χ2n) is 3.31. The van der Waals surface area contributed by atoms with Gasteiger partial charge in [0, 0.05) is 6.92 Å². The summed E-state index contributed by atoms with van der Waals surface area (Å²) >= 11 is 0. The van der Waals surface area contributed by atoms with Gasteiger partial charge in [0.15, 0.2) is 6.29 Å². The van der Waals surface area contributed by atoms with Crippen molar-refractivity contribution < 1.29 is 35.1 Å². The maximum absolute atomic E-state index is 10.7. The molecule has 0 bridgehead atoms. The Labute approximate surface area is 91.1 Å². The molecule has 0 aliphatic rings. The zero-order chi connectivity index (χ0) is 12.9. The van der Waals surface area contributed by atoms with Crippen LogP contribution in [0.5, 0.6) is 0 Å². The van der Waals surface area contributed by atoms with Gasteiger partial charge in [0.1, 0.15) is 18.3 Å². The molecule has 94 valence electrons. The van der Waals surface area contributed by atoms with Crippen LogP contribution < -0.4 is 5.32 Å². The monoisotopic (exact) mass is 237 g/mol. The van der Waals surface area contributed by atoms with Crippen molar-refractivity contribution in [3.8, 4) is 0 Å². The maximum atomic E-state index is 10.7. The molecule has 6 N–H and O–H groups in total. The first kappa shape index (κ1) is 14.9. The number of carbonyl (C=O) groups excluding carboxylic acids is 2. The summed E-state index contributed by atoms with van der Waals surface area (Å²) in [6.45, 7) is 0.100. The van der Waals surface area contributed by atoms with Crippen molar-refractivity contribution in [1.82, 2.24) is 5.32 Å². The van der Waals surface area contributed by atoms with Crippen molar-refractivity contribution >= 4 is 12.2 Å². The van der Waals surface area contributed by atoms with E-state index in [9.17, 15) is 24.9 Å². The van der Waals surface area contributed by atoms with Crippen LogP contribution in [0.2, 0.25) is 0 Å². The lowest BCUT2D eigenvalue weighted by Gasteiger charge is -2.32. The number of aliphatic hydroxyl groups excluding tert-OH is 4. The fraction of sp³-hybridized carbons (Fsp3) is 0.750. The summed E-state index contributed by atoms with van der Waals surface area (Å²) in [5.41, 5.74) is -2.72. The molecule has 0 aromatic carbocycles. The average molecular weight is 237 g/mol.